The van der Waals surface area contributed by atoms with E-state index in [1.54, 1.807) is 24.3 Å². The van der Waals surface area contributed by atoms with Gasteiger partial charge in [0, 0.05) is 18.5 Å². The van der Waals surface area contributed by atoms with E-state index in [1.165, 1.54) is 11.1 Å². The minimum atomic E-state index is -0.246. The average molecular weight is 324 g/mol. The van der Waals surface area contributed by atoms with E-state index < -0.39 is 0 Å². The van der Waals surface area contributed by atoms with Gasteiger partial charge in [-0.25, -0.2) is 0 Å². The summed E-state index contributed by atoms with van der Waals surface area (Å²) in [5.41, 5.74) is 2.95. The second-order valence-corrected chi connectivity index (χ2v) is 5.69. The summed E-state index contributed by atoms with van der Waals surface area (Å²) < 4.78 is 5.48. The van der Waals surface area contributed by atoms with Gasteiger partial charge in [-0.2, -0.15) is 0 Å². The first kappa shape index (κ1) is 16.1. The van der Waals surface area contributed by atoms with Crippen LogP contribution in [0.5, 0.6) is 5.75 Å². The molecule has 5 heteroatoms. The topological polar surface area (TPSA) is 67.4 Å². The second-order valence-electron chi connectivity index (χ2n) is 5.69. The minimum absolute atomic E-state index is 0.0221. The number of rotatable bonds is 6. The highest BCUT2D eigenvalue weighted by molar-refractivity contribution is 5.96. The van der Waals surface area contributed by atoms with Crippen LogP contribution in [0.3, 0.4) is 0 Å². The molecule has 0 spiro atoms. The Labute approximate surface area is 141 Å². The Kier molecular flexibility index (Phi) is 5.11. The van der Waals surface area contributed by atoms with Crippen LogP contribution in [-0.4, -0.2) is 31.5 Å². The van der Waals surface area contributed by atoms with Crippen molar-refractivity contribution in [2.75, 3.05) is 19.7 Å². The molecule has 0 fully saturated rings. The summed E-state index contributed by atoms with van der Waals surface area (Å²) >= 11 is 0. The predicted molar refractivity (Wildman–Crippen MR) is 91.1 cm³/mol. The average Bonchev–Trinajstić information content (AvgIpc) is 3.08. The molecule has 5 nitrogen and oxygen atoms in total. The van der Waals surface area contributed by atoms with Crippen LogP contribution in [-0.2, 0) is 17.6 Å². The Morgan fingerprint density at radius 1 is 1.04 bits per heavy atom. The van der Waals surface area contributed by atoms with E-state index in [1.807, 2.05) is 18.2 Å². The molecular formula is C19H20N2O3. The van der Waals surface area contributed by atoms with Crippen molar-refractivity contribution in [1.29, 1.82) is 0 Å². The van der Waals surface area contributed by atoms with Crippen molar-refractivity contribution in [3.05, 3.63) is 65.2 Å². The number of carbonyl (C=O) groups is 2. The van der Waals surface area contributed by atoms with Crippen LogP contribution in [0.25, 0.3) is 0 Å². The summed E-state index contributed by atoms with van der Waals surface area (Å²) in [4.78, 5) is 23.7. The third kappa shape index (κ3) is 4.13. The number of amides is 2. The molecule has 2 aromatic carbocycles. The Hall–Kier alpha value is -2.82. The van der Waals surface area contributed by atoms with Gasteiger partial charge in [-0.05, 0) is 35.7 Å². The highest BCUT2D eigenvalue weighted by Gasteiger charge is 2.12. The molecule has 24 heavy (non-hydrogen) atoms. The lowest BCUT2D eigenvalue weighted by Crippen LogP contribution is -2.37. The van der Waals surface area contributed by atoms with Crippen molar-refractivity contribution in [3.8, 4) is 5.75 Å². The monoisotopic (exact) mass is 324 g/mol. The molecule has 124 valence electrons. The maximum atomic E-state index is 11.8. The first-order chi connectivity index (χ1) is 11.7. The van der Waals surface area contributed by atoms with Crippen LogP contribution < -0.4 is 15.4 Å². The van der Waals surface area contributed by atoms with Crippen molar-refractivity contribution in [2.45, 2.75) is 12.8 Å². The van der Waals surface area contributed by atoms with Crippen LogP contribution in [0.4, 0.5) is 0 Å². The standard InChI is InChI=1S/C19H20N2O3/c22-18(13-21-19(23)15-4-2-1-3-5-15)20-10-8-14-6-7-17-16(12-14)9-11-24-17/h1-7,12H,8-11,13H2,(H,20,22)(H,21,23). The van der Waals surface area contributed by atoms with Crippen LogP contribution >= 0.6 is 0 Å². The van der Waals surface area contributed by atoms with Gasteiger partial charge in [0.15, 0.2) is 0 Å². The molecule has 1 aliphatic heterocycles. The first-order valence-corrected chi connectivity index (χ1v) is 8.07. The van der Waals surface area contributed by atoms with E-state index in [4.69, 9.17) is 4.74 Å². The van der Waals surface area contributed by atoms with Crippen LogP contribution in [0.1, 0.15) is 21.5 Å². The second kappa shape index (κ2) is 7.64. The third-order valence-electron chi connectivity index (χ3n) is 3.94. The molecule has 1 aliphatic rings. The van der Waals surface area contributed by atoms with E-state index in [0.29, 0.717) is 12.1 Å². The summed E-state index contributed by atoms with van der Waals surface area (Å²) in [7, 11) is 0. The Bertz CT molecular complexity index is 729. The van der Waals surface area contributed by atoms with E-state index >= 15 is 0 Å². The van der Waals surface area contributed by atoms with Crippen LogP contribution in [0.2, 0.25) is 0 Å². The van der Waals surface area contributed by atoms with Crippen molar-refractivity contribution in [1.82, 2.24) is 10.6 Å². The Balaban J connectivity index is 1.39. The Morgan fingerprint density at radius 2 is 1.88 bits per heavy atom. The molecule has 0 bridgehead atoms. The molecule has 2 amide bonds. The van der Waals surface area contributed by atoms with E-state index in [2.05, 4.69) is 16.7 Å². The van der Waals surface area contributed by atoms with E-state index in [0.717, 1.165) is 25.2 Å². The SMILES string of the molecule is O=C(CNC(=O)c1ccccc1)NCCc1ccc2c(c1)CCO2. The van der Waals surface area contributed by atoms with Gasteiger partial charge in [0.05, 0.1) is 13.2 Å². The van der Waals surface area contributed by atoms with Gasteiger partial charge in [0.2, 0.25) is 5.91 Å². The van der Waals surface area contributed by atoms with Gasteiger partial charge in [0.25, 0.3) is 5.91 Å². The van der Waals surface area contributed by atoms with E-state index in [9.17, 15) is 9.59 Å². The maximum Gasteiger partial charge on any atom is 0.251 e. The molecule has 0 radical (unpaired) electrons. The van der Waals surface area contributed by atoms with Crippen molar-refractivity contribution < 1.29 is 14.3 Å². The summed E-state index contributed by atoms with van der Waals surface area (Å²) in [6, 6.07) is 15.0. The van der Waals surface area contributed by atoms with Crippen LogP contribution in [0, 0.1) is 0 Å². The zero-order valence-corrected chi connectivity index (χ0v) is 13.4. The number of hydrogen-bond acceptors (Lipinski definition) is 3. The lowest BCUT2D eigenvalue weighted by Gasteiger charge is -2.08. The molecule has 0 atom stereocenters. The number of hydrogen-bond donors (Lipinski definition) is 2. The number of benzene rings is 2. The largest absolute Gasteiger partial charge is 0.493 e. The number of fused-ring (bicyclic) bond motifs is 1. The smallest absolute Gasteiger partial charge is 0.251 e. The minimum Gasteiger partial charge on any atom is -0.493 e. The number of ether oxygens (including phenoxy) is 1. The van der Waals surface area contributed by atoms with E-state index in [-0.39, 0.29) is 18.4 Å². The normalized spacial score (nSPS) is 12.2. The predicted octanol–water partition coefficient (Wildman–Crippen LogP) is 1.71. The molecule has 2 aromatic rings. The van der Waals surface area contributed by atoms with Crippen molar-refractivity contribution in [2.24, 2.45) is 0 Å². The molecule has 2 N–H and O–H groups in total. The summed E-state index contributed by atoms with van der Waals surface area (Å²) in [6.07, 6.45) is 1.70. The molecule has 0 unspecified atom stereocenters. The lowest BCUT2D eigenvalue weighted by molar-refractivity contribution is -0.120. The lowest BCUT2D eigenvalue weighted by atomic mass is 10.1. The van der Waals surface area contributed by atoms with Gasteiger partial charge in [-0.3, -0.25) is 9.59 Å². The van der Waals surface area contributed by atoms with Gasteiger partial charge in [0.1, 0.15) is 5.75 Å². The van der Waals surface area contributed by atoms with Gasteiger partial charge in [-0.1, -0.05) is 30.3 Å². The molecular weight excluding hydrogens is 304 g/mol. The number of carbonyl (C=O) groups excluding carboxylic acids is 2. The molecule has 0 saturated heterocycles. The highest BCUT2D eigenvalue weighted by Crippen LogP contribution is 2.25. The fraction of sp³-hybridized carbons (Fsp3) is 0.263. The first-order valence-electron chi connectivity index (χ1n) is 8.07. The summed E-state index contributed by atoms with van der Waals surface area (Å²) in [6.45, 7) is 1.27. The quantitative estimate of drug-likeness (QED) is 0.850. The summed E-state index contributed by atoms with van der Waals surface area (Å²) in [5, 5.41) is 5.43. The fourth-order valence-corrected chi connectivity index (χ4v) is 2.66. The van der Waals surface area contributed by atoms with Crippen LogP contribution in [0.15, 0.2) is 48.5 Å². The van der Waals surface area contributed by atoms with Gasteiger partial charge < -0.3 is 15.4 Å². The molecule has 0 aromatic heterocycles. The van der Waals surface area contributed by atoms with Crippen molar-refractivity contribution in [3.63, 3.8) is 0 Å². The highest BCUT2D eigenvalue weighted by atomic mass is 16.5. The zero-order chi connectivity index (χ0) is 16.8. The number of nitrogens with one attached hydrogen (secondary N) is 2. The maximum absolute atomic E-state index is 11.8. The molecule has 0 aliphatic carbocycles. The zero-order valence-electron chi connectivity index (χ0n) is 13.4. The summed E-state index contributed by atoms with van der Waals surface area (Å²) in [5.74, 6) is 0.527. The third-order valence-corrected chi connectivity index (χ3v) is 3.94. The molecule has 0 saturated carbocycles. The molecule has 3 rings (SSSR count). The fourth-order valence-electron chi connectivity index (χ4n) is 2.66. The van der Waals surface area contributed by atoms with Gasteiger partial charge >= 0.3 is 0 Å². The van der Waals surface area contributed by atoms with Crippen molar-refractivity contribution >= 4 is 11.8 Å². The van der Waals surface area contributed by atoms with Gasteiger partial charge in [-0.15, -0.1) is 0 Å². The molecule has 1 heterocycles. The Morgan fingerprint density at radius 3 is 2.71 bits per heavy atom.